The normalized spacial score (nSPS) is 32.0. The van der Waals surface area contributed by atoms with Crippen LogP contribution >= 0.6 is 0 Å². The van der Waals surface area contributed by atoms with E-state index >= 15 is 0 Å². The summed E-state index contributed by atoms with van der Waals surface area (Å²) in [6, 6.07) is 0. The van der Waals surface area contributed by atoms with Gasteiger partial charge in [0.25, 0.3) is 0 Å². The Morgan fingerprint density at radius 3 is 2.42 bits per heavy atom. The first-order valence-corrected chi connectivity index (χ1v) is 3.98. The molecule has 1 N–H and O–H groups in total. The van der Waals surface area contributed by atoms with Crippen molar-refractivity contribution in [1.29, 1.82) is 0 Å². The molecule has 3 nitrogen and oxygen atoms in total. The number of esters is 1. The van der Waals surface area contributed by atoms with Crippen LogP contribution in [0.25, 0.3) is 0 Å². The number of carbonyl (C=O) groups excluding carboxylic acids is 1. The summed E-state index contributed by atoms with van der Waals surface area (Å²) in [5.41, 5.74) is -0.397. The highest BCUT2D eigenvalue weighted by Crippen LogP contribution is 2.34. The van der Waals surface area contributed by atoms with Crippen molar-refractivity contribution >= 4 is 5.97 Å². The highest BCUT2D eigenvalue weighted by Gasteiger charge is 2.40. The van der Waals surface area contributed by atoms with Crippen molar-refractivity contribution in [2.75, 3.05) is 0 Å². The average Bonchev–Trinajstić information content (AvgIpc) is 2.15. The third kappa shape index (κ3) is 1.50. The first-order valence-electron chi connectivity index (χ1n) is 3.98. The Morgan fingerprint density at radius 2 is 2.08 bits per heavy atom. The third-order valence-corrected chi connectivity index (χ3v) is 2.26. The second-order valence-electron chi connectivity index (χ2n) is 3.68. The van der Waals surface area contributed by atoms with Gasteiger partial charge in [0.1, 0.15) is 6.10 Å². The van der Waals surface area contributed by atoms with E-state index in [-0.39, 0.29) is 12.1 Å². The van der Waals surface area contributed by atoms with Crippen molar-refractivity contribution in [2.45, 2.75) is 33.0 Å². The number of rotatable bonds is 1. The maximum absolute atomic E-state index is 10.7. The number of hydrogen-bond acceptors (Lipinski definition) is 3. The van der Waals surface area contributed by atoms with Crippen LogP contribution in [0.1, 0.15) is 20.8 Å². The predicted molar refractivity (Wildman–Crippen MR) is 44.5 cm³/mol. The maximum Gasteiger partial charge on any atom is 0.303 e. The van der Waals surface area contributed by atoms with Gasteiger partial charge in [0, 0.05) is 12.3 Å². The van der Waals surface area contributed by atoms with Gasteiger partial charge in [0.15, 0.2) is 0 Å². The lowest BCUT2D eigenvalue weighted by atomic mass is 9.86. The molecule has 0 unspecified atom stereocenters. The van der Waals surface area contributed by atoms with Gasteiger partial charge in [0.05, 0.1) is 6.10 Å². The molecular formula is C9H14O3. The molecule has 0 spiro atoms. The molecule has 0 saturated heterocycles. The summed E-state index contributed by atoms with van der Waals surface area (Å²) in [4.78, 5) is 10.7. The van der Waals surface area contributed by atoms with Gasteiger partial charge in [-0.2, -0.15) is 0 Å². The van der Waals surface area contributed by atoms with Gasteiger partial charge in [-0.1, -0.05) is 19.9 Å². The maximum atomic E-state index is 10.7. The van der Waals surface area contributed by atoms with Crippen molar-refractivity contribution in [3.63, 3.8) is 0 Å². The van der Waals surface area contributed by atoms with E-state index in [2.05, 4.69) is 0 Å². The zero-order valence-electron chi connectivity index (χ0n) is 7.57. The summed E-state index contributed by atoms with van der Waals surface area (Å²) < 4.78 is 5.01. The predicted octanol–water partition coefficient (Wildman–Crippen LogP) is 0.875. The molecule has 68 valence electrons. The van der Waals surface area contributed by atoms with Crippen molar-refractivity contribution in [3.05, 3.63) is 12.2 Å². The number of aliphatic hydroxyl groups excluding tert-OH is 1. The summed E-state index contributed by atoms with van der Waals surface area (Å²) in [5, 5.41) is 9.46. The van der Waals surface area contributed by atoms with Gasteiger partial charge in [-0.3, -0.25) is 4.79 Å². The van der Waals surface area contributed by atoms with Crippen LogP contribution in [0.15, 0.2) is 12.2 Å². The van der Waals surface area contributed by atoms with Crippen LogP contribution in [0, 0.1) is 5.41 Å². The number of carbonyl (C=O) groups is 1. The molecule has 1 aliphatic carbocycles. The molecule has 0 bridgehead atoms. The number of hydrogen-bond donors (Lipinski definition) is 1. The molecule has 0 fully saturated rings. The van der Waals surface area contributed by atoms with E-state index in [1.807, 2.05) is 13.8 Å². The monoisotopic (exact) mass is 170 g/mol. The van der Waals surface area contributed by atoms with E-state index in [4.69, 9.17) is 4.74 Å². The quantitative estimate of drug-likeness (QED) is 0.469. The molecule has 0 aromatic heterocycles. The van der Waals surface area contributed by atoms with Crippen LogP contribution in [0.2, 0.25) is 0 Å². The Kier molecular flexibility index (Phi) is 2.24. The molecule has 2 atom stereocenters. The Balaban J connectivity index is 2.68. The van der Waals surface area contributed by atoms with Gasteiger partial charge in [-0.05, 0) is 6.08 Å². The summed E-state index contributed by atoms with van der Waals surface area (Å²) >= 11 is 0. The Bertz CT molecular complexity index is 218. The minimum Gasteiger partial charge on any atom is -0.458 e. The molecule has 0 aliphatic heterocycles. The summed E-state index contributed by atoms with van der Waals surface area (Å²) in [6.07, 6.45) is 2.56. The molecule has 1 aliphatic rings. The van der Waals surface area contributed by atoms with Crippen molar-refractivity contribution in [3.8, 4) is 0 Å². The van der Waals surface area contributed by atoms with Crippen LogP contribution in [-0.4, -0.2) is 23.3 Å². The minimum absolute atomic E-state index is 0.301. The zero-order valence-corrected chi connectivity index (χ0v) is 7.57. The number of aliphatic hydroxyl groups is 1. The second-order valence-corrected chi connectivity index (χ2v) is 3.68. The van der Waals surface area contributed by atoms with Gasteiger partial charge >= 0.3 is 5.97 Å². The molecule has 0 aromatic carbocycles. The smallest absolute Gasteiger partial charge is 0.303 e. The van der Waals surface area contributed by atoms with Crippen LogP contribution in [0.4, 0.5) is 0 Å². The lowest BCUT2D eigenvalue weighted by Gasteiger charge is -2.29. The second kappa shape index (κ2) is 2.90. The molecule has 3 heteroatoms. The Labute approximate surface area is 72.0 Å². The number of ether oxygens (including phenoxy) is 1. The van der Waals surface area contributed by atoms with Crippen LogP contribution in [0.3, 0.4) is 0 Å². The standard InChI is InChI=1S/C9H14O3/c1-6(10)12-8-5-4-7(11)9(8,2)3/h4-5,7-8,11H,1-3H3/t7-,8+/m1/s1. The van der Waals surface area contributed by atoms with E-state index in [1.165, 1.54) is 6.92 Å². The topological polar surface area (TPSA) is 46.5 Å². The Morgan fingerprint density at radius 1 is 1.50 bits per heavy atom. The SMILES string of the molecule is CC(=O)O[C@H]1C=C[C@@H](O)C1(C)C. The third-order valence-electron chi connectivity index (χ3n) is 2.26. The van der Waals surface area contributed by atoms with E-state index in [0.29, 0.717) is 0 Å². The zero-order chi connectivity index (χ0) is 9.35. The van der Waals surface area contributed by atoms with E-state index in [9.17, 15) is 9.90 Å². The fourth-order valence-corrected chi connectivity index (χ4v) is 1.24. The molecular weight excluding hydrogens is 156 g/mol. The first kappa shape index (κ1) is 9.26. The molecule has 0 aromatic rings. The van der Waals surface area contributed by atoms with Crippen molar-refractivity contribution in [1.82, 2.24) is 0 Å². The molecule has 0 amide bonds. The minimum atomic E-state index is -0.526. The van der Waals surface area contributed by atoms with Gasteiger partial charge in [-0.15, -0.1) is 0 Å². The molecule has 0 radical (unpaired) electrons. The van der Waals surface area contributed by atoms with E-state index in [0.717, 1.165) is 0 Å². The Hall–Kier alpha value is -0.830. The summed E-state index contributed by atoms with van der Waals surface area (Å²) in [7, 11) is 0. The lowest BCUT2D eigenvalue weighted by molar-refractivity contribution is -0.150. The average molecular weight is 170 g/mol. The molecule has 0 saturated carbocycles. The fourth-order valence-electron chi connectivity index (χ4n) is 1.24. The first-order chi connectivity index (χ1) is 5.44. The molecule has 1 rings (SSSR count). The largest absolute Gasteiger partial charge is 0.458 e. The van der Waals surface area contributed by atoms with Crippen LogP contribution in [0.5, 0.6) is 0 Å². The highest BCUT2D eigenvalue weighted by molar-refractivity contribution is 5.66. The highest BCUT2D eigenvalue weighted by atomic mass is 16.5. The van der Waals surface area contributed by atoms with Crippen LogP contribution < -0.4 is 0 Å². The van der Waals surface area contributed by atoms with E-state index in [1.54, 1.807) is 12.2 Å². The van der Waals surface area contributed by atoms with Crippen molar-refractivity contribution in [2.24, 2.45) is 5.41 Å². The van der Waals surface area contributed by atoms with Gasteiger partial charge in [-0.25, -0.2) is 0 Å². The van der Waals surface area contributed by atoms with E-state index < -0.39 is 11.5 Å². The molecule has 12 heavy (non-hydrogen) atoms. The lowest BCUT2D eigenvalue weighted by Crippen LogP contribution is -2.36. The van der Waals surface area contributed by atoms with Gasteiger partial charge < -0.3 is 9.84 Å². The molecule has 0 heterocycles. The van der Waals surface area contributed by atoms with Crippen molar-refractivity contribution < 1.29 is 14.6 Å². The fraction of sp³-hybridized carbons (Fsp3) is 0.667. The summed E-state index contributed by atoms with van der Waals surface area (Å²) in [5.74, 6) is -0.313. The summed E-state index contributed by atoms with van der Waals surface area (Å²) in [6.45, 7) is 5.10. The van der Waals surface area contributed by atoms with Gasteiger partial charge in [0.2, 0.25) is 0 Å². The van der Waals surface area contributed by atoms with Crippen LogP contribution in [-0.2, 0) is 9.53 Å².